The molecule has 1 heterocycles. The molecular weight excluding hydrogens is 132 g/mol. The first-order valence-corrected chi connectivity index (χ1v) is 2.72. The summed E-state index contributed by atoms with van der Waals surface area (Å²) in [6.07, 6.45) is 2.96. The predicted octanol–water partition coefficient (Wildman–Crippen LogP) is 0.320. The van der Waals surface area contributed by atoms with E-state index < -0.39 is 0 Å². The molecule has 0 radical (unpaired) electrons. The Labute approximate surface area is 57.9 Å². The van der Waals surface area contributed by atoms with Gasteiger partial charge in [-0.25, -0.2) is 4.98 Å². The molecule has 0 aromatic carbocycles. The van der Waals surface area contributed by atoms with Crippen molar-refractivity contribution >= 4 is 6.47 Å². The number of hydrogen-bond acceptors (Lipinski definition) is 4. The number of aromatic nitrogens is 2. The minimum atomic E-state index is 0.231. The predicted molar refractivity (Wildman–Crippen MR) is 33.5 cm³/mol. The van der Waals surface area contributed by atoms with Crippen LogP contribution >= 0.6 is 0 Å². The minimum absolute atomic E-state index is 0.231. The van der Waals surface area contributed by atoms with E-state index in [-0.39, 0.29) is 5.88 Å². The average molecular weight is 138 g/mol. The van der Waals surface area contributed by atoms with Crippen molar-refractivity contribution in [1.29, 1.82) is 0 Å². The molecule has 0 atom stereocenters. The molecule has 10 heavy (non-hydrogen) atoms. The monoisotopic (exact) mass is 138 g/mol. The quantitative estimate of drug-likeness (QED) is 0.552. The summed E-state index contributed by atoms with van der Waals surface area (Å²) in [7, 11) is 0. The highest BCUT2D eigenvalue weighted by Crippen LogP contribution is 2.01. The van der Waals surface area contributed by atoms with Gasteiger partial charge in [-0.05, 0) is 6.92 Å². The Morgan fingerprint density at radius 1 is 1.60 bits per heavy atom. The maximum absolute atomic E-state index is 9.80. The maximum Gasteiger partial charge on any atom is 0.299 e. The Morgan fingerprint density at radius 3 is 3.00 bits per heavy atom. The lowest BCUT2D eigenvalue weighted by Gasteiger charge is -1.94. The van der Waals surface area contributed by atoms with Gasteiger partial charge in [-0.2, -0.15) is 0 Å². The Bertz CT molecular complexity index is 237. The van der Waals surface area contributed by atoms with Gasteiger partial charge in [0.2, 0.25) is 5.88 Å². The lowest BCUT2D eigenvalue weighted by molar-refractivity contribution is -0.120. The van der Waals surface area contributed by atoms with Crippen LogP contribution in [0.2, 0.25) is 0 Å². The third kappa shape index (κ3) is 1.51. The van der Waals surface area contributed by atoms with Gasteiger partial charge in [-0.3, -0.25) is 9.78 Å². The first-order chi connectivity index (χ1) is 4.83. The van der Waals surface area contributed by atoms with Crippen molar-refractivity contribution in [3.8, 4) is 5.88 Å². The van der Waals surface area contributed by atoms with Crippen LogP contribution < -0.4 is 4.74 Å². The van der Waals surface area contributed by atoms with Crippen molar-refractivity contribution in [2.24, 2.45) is 0 Å². The van der Waals surface area contributed by atoms with Crippen LogP contribution in [0.25, 0.3) is 0 Å². The van der Waals surface area contributed by atoms with Crippen molar-refractivity contribution in [3.05, 3.63) is 18.1 Å². The molecular formula is C6H6N2O2. The molecule has 0 saturated heterocycles. The molecule has 1 rings (SSSR count). The van der Waals surface area contributed by atoms with E-state index in [0.29, 0.717) is 6.47 Å². The average Bonchev–Trinajstić information content (AvgIpc) is 1.88. The summed E-state index contributed by atoms with van der Waals surface area (Å²) in [5.74, 6) is 0.231. The molecule has 0 saturated carbocycles. The van der Waals surface area contributed by atoms with Gasteiger partial charge in [0.25, 0.3) is 6.47 Å². The second-order valence-corrected chi connectivity index (χ2v) is 1.71. The lowest BCUT2D eigenvalue weighted by atomic mass is 10.5. The second kappa shape index (κ2) is 2.91. The first kappa shape index (κ1) is 6.67. The lowest BCUT2D eigenvalue weighted by Crippen LogP contribution is -1.93. The highest BCUT2D eigenvalue weighted by Gasteiger charge is 1.92. The van der Waals surface area contributed by atoms with Crippen LogP contribution in [-0.4, -0.2) is 16.4 Å². The molecule has 1 aromatic heterocycles. The highest BCUT2D eigenvalue weighted by atomic mass is 16.5. The van der Waals surface area contributed by atoms with Gasteiger partial charge in [0, 0.05) is 6.20 Å². The van der Waals surface area contributed by atoms with Crippen molar-refractivity contribution in [2.75, 3.05) is 0 Å². The van der Waals surface area contributed by atoms with Gasteiger partial charge >= 0.3 is 0 Å². The molecule has 0 aliphatic rings. The van der Waals surface area contributed by atoms with Crippen LogP contribution in [0.1, 0.15) is 5.69 Å². The molecule has 0 aliphatic heterocycles. The molecule has 0 aliphatic carbocycles. The van der Waals surface area contributed by atoms with Crippen molar-refractivity contribution in [1.82, 2.24) is 9.97 Å². The number of aryl methyl sites for hydroxylation is 1. The third-order valence-corrected chi connectivity index (χ3v) is 0.902. The summed E-state index contributed by atoms with van der Waals surface area (Å²) in [6.45, 7) is 2.09. The van der Waals surface area contributed by atoms with Gasteiger partial charge in [0.1, 0.15) is 0 Å². The Hall–Kier alpha value is -1.45. The summed E-state index contributed by atoms with van der Waals surface area (Å²) in [5.41, 5.74) is 0.722. The molecule has 4 heteroatoms. The van der Waals surface area contributed by atoms with E-state index >= 15 is 0 Å². The Morgan fingerprint density at radius 2 is 2.40 bits per heavy atom. The van der Waals surface area contributed by atoms with Crippen molar-refractivity contribution in [2.45, 2.75) is 6.92 Å². The van der Waals surface area contributed by atoms with Gasteiger partial charge < -0.3 is 4.74 Å². The van der Waals surface area contributed by atoms with Crippen LogP contribution in [0.3, 0.4) is 0 Å². The fourth-order valence-corrected chi connectivity index (χ4v) is 0.547. The van der Waals surface area contributed by atoms with Gasteiger partial charge in [0.15, 0.2) is 0 Å². The summed E-state index contributed by atoms with van der Waals surface area (Å²) in [4.78, 5) is 17.4. The number of carbonyl (C=O) groups excluding carboxylic acids is 1. The van der Waals surface area contributed by atoms with E-state index in [9.17, 15) is 4.79 Å². The van der Waals surface area contributed by atoms with E-state index in [2.05, 4.69) is 14.7 Å². The number of rotatable bonds is 2. The largest absolute Gasteiger partial charge is 0.408 e. The molecule has 0 fully saturated rings. The summed E-state index contributed by atoms with van der Waals surface area (Å²) >= 11 is 0. The van der Waals surface area contributed by atoms with Crippen LogP contribution in [0.15, 0.2) is 12.4 Å². The van der Waals surface area contributed by atoms with Crippen molar-refractivity contribution < 1.29 is 9.53 Å². The second-order valence-electron chi connectivity index (χ2n) is 1.71. The van der Waals surface area contributed by atoms with Crippen LogP contribution in [-0.2, 0) is 4.79 Å². The summed E-state index contributed by atoms with van der Waals surface area (Å²) in [6, 6.07) is 0. The summed E-state index contributed by atoms with van der Waals surface area (Å²) < 4.78 is 4.43. The van der Waals surface area contributed by atoms with Gasteiger partial charge in [-0.1, -0.05) is 0 Å². The molecule has 4 nitrogen and oxygen atoms in total. The van der Waals surface area contributed by atoms with E-state index in [1.807, 2.05) is 0 Å². The van der Waals surface area contributed by atoms with E-state index in [4.69, 9.17) is 0 Å². The SMILES string of the molecule is Cc1cncc(OC=O)n1. The van der Waals surface area contributed by atoms with E-state index in [1.54, 1.807) is 13.1 Å². The van der Waals surface area contributed by atoms with Gasteiger partial charge in [-0.15, -0.1) is 0 Å². The first-order valence-electron chi connectivity index (χ1n) is 2.72. The van der Waals surface area contributed by atoms with Crippen LogP contribution in [0.5, 0.6) is 5.88 Å². The smallest absolute Gasteiger partial charge is 0.299 e. The zero-order valence-corrected chi connectivity index (χ0v) is 5.44. The third-order valence-electron chi connectivity index (χ3n) is 0.902. The molecule has 1 aromatic rings. The van der Waals surface area contributed by atoms with Gasteiger partial charge in [0.05, 0.1) is 11.9 Å². The van der Waals surface area contributed by atoms with Crippen molar-refractivity contribution in [3.63, 3.8) is 0 Å². The van der Waals surface area contributed by atoms with E-state index in [0.717, 1.165) is 5.69 Å². The zero-order chi connectivity index (χ0) is 7.40. The fraction of sp³-hybridized carbons (Fsp3) is 0.167. The van der Waals surface area contributed by atoms with E-state index in [1.165, 1.54) is 6.20 Å². The van der Waals surface area contributed by atoms with Crippen LogP contribution in [0, 0.1) is 6.92 Å². The summed E-state index contributed by atoms with van der Waals surface area (Å²) in [5, 5.41) is 0. The minimum Gasteiger partial charge on any atom is -0.408 e. The highest BCUT2D eigenvalue weighted by molar-refractivity contribution is 5.42. The Kier molecular flexibility index (Phi) is 1.94. The standard InChI is InChI=1S/C6H6N2O2/c1-5-2-7-3-6(8-5)10-4-9/h2-4H,1H3. The topological polar surface area (TPSA) is 52.1 Å². The number of ether oxygens (including phenoxy) is 1. The molecule has 0 spiro atoms. The Balaban J connectivity index is 2.84. The van der Waals surface area contributed by atoms with Crippen LogP contribution in [0.4, 0.5) is 0 Å². The zero-order valence-electron chi connectivity index (χ0n) is 5.44. The fourth-order valence-electron chi connectivity index (χ4n) is 0.547. The number of nitrogens with zero attached hydrogens (tertiary/aromatic N) is 2. The molecule has 0 N–H and O–H groups in total. The molecule has 52 valence electrons. The molecule has 0 amide bonds. The maximum atomic E-state index is 9.80. The number of hydrogen-bond donors (Lipinski definition) is 0. The molecule has 0 bridgehead atoms. The molecule has 0 unspecified atom stereocenters. The normalized spacial score (nSPS) is 8.90. The number of carbonyl (C=O) groups is 1.